The van der Waals surface area contributed by atoms with Gasteiger partial charge >= 0.3 is 0 Å². The summed E-state index contributed by atoms with van der Waals surface area (Å²) in [4.78, 5) is 26.4. The van der Waals surface area contributed by atoms with E-state index in [-0.39, 0.29) is 23.4 Å². The quantitative estimate of drug-likeness (QED) is 0.288. The van der Waals surface area contributed by atoms with Gasteiger partial charge in [-0.05, 0) is 73.4 Å². The summed E-state index contributed by atoms with van der Waals surface area (Å²) in [7, 11) is 0. The van der Waals surface area contributed by atoms with Gasteiger partial charge in [0, 0.05) is 16.0 Å². The third kappa shape index (κ3) is 4.85. The first-order valence-corrected chi connectivity index (χ1v) is 11.5. The number of halogens is 1. The van der Waals surface area contributed by atoms with Crippen LogP contribution in [0.15, 0.2) is 71.1 Å². The highest BCUT2D eigenvalue weighted by Gasteiger charge is 2.26. The van der Waals surface area contributed by atoms with Crippen molar-refractivity contribution in [2.24, 2.45) is 0 Å². The molecule has 0 aliphatic rings. The molecule has 0 aliphatic carbocycles. The molecule has 1 amide bonds. The summed E-state index contributed by atoms with van der Waals surface area (Å²) in [6, 6.07) is 19.7. The lowest BCUT2D eigenvalue weighted by Crippen LogP contribution is -2.31. The Bertz CT molecular complexity index is 1350. The molecule has 0 saturated heterocycles. The number of hydrogen-bond donors (Lipinski definition) is 1. The van der Waals surface area contributed by atoms with E-state index in [1.807, 2.05) is 37.3 Å². The monoisotopic (exact) mass is 475 g/mol. The van der Waals surface area contributed by atoms with Gasteiger partial charge in [0.1, 0.15) is 11.3 Å². The Kier molecular flexibility index (Phi) is 6.75. The summed E-state index contributed by atoms with van der Waals surface area (Å²) >= 11 is 5.96. The van der Waals surface area contributed by atoms with Crippen LogP contribution < -0.4 is 10.1 Å². The molecule has 1 N–H and O–H groups in total. The maximum Gasteiger partial charge on any atom is 0.265 e. The molecule has 3 aromatic carbocycles. The van der Waals surface area contributed by atoms with Gasteiger partial charge in [-0.3, -0.25) is 9.59 Å². The first-order valence-electron chi connectivity index (χ1n) is 11.1. The molecule has 0 radical (unpaired) electrons. The van der Waals surface area contributed by atoms with Crippen LogP contribution in [0.4, 0.5) is 5.69 Å². The summed E-state index contributed by atoms with van der Waals surface area (Å²) in [6.45, 7) is 7.82. The summed E-state index contributed by atoms with van der Waals surface area (Å²) in [5.41, 5.74) is 3.31. The van der Waals surface area contributed by atoms with Gasteiger partial charge in [0.05, 0.1) is 5.69 Å². The van der Waals surface area contributed by atoms with Gasteiger partial charge in [0.15, 0.2) is 11.9 Å². The molecule has 1 heterocycles. The van der Waals surface area contributed by atoms with Crippen molar-refractivity contribution in [3.05, 3.63) is 94.2 Å². The molecule has 4 aromatic rings. The van der Waals surface area contributed by atoms with Gasteiger partial charge in [0.2, 0.25) is 5.78 Å². The molecular weight excluding hydrogens is 450 g/mol. The molecule has 34 heavy (non-hydrogen) atoms. The molecule has 1 atom stereocenters. The maximum atomic E-state index is 13.2. The predicted molar refractivity (Wildman–Crippen MR) is 135 cm³/mol. The summed E-state index contributed by atoms with van der Waals surface area (Å²) in [5, 5.41) is 4.04. The van der Waals surface area contributed by atoms with Gasteiger partial charge < -0.3 is 14.5 Å². The standard InChI is InChI=1S/C28H26ClNO4/c1-16(2)21-14-9-17(3)15-24(21)33-18(4)28(32)30-25-22-7-5-6-8-23(22)34-27(25)26(31)19-10-12-20(29)13-11-19/h5-16,18H,1-4H3,(H,30,32)/t18-/m1/s1. The van der Waals surface area contributed by atoms with Gasteiger partial charge in [-0.2, -0.15) is 0 Å². The summed E-state index contributed by atoms with van der Waals surface area (Å²) in [6.07, 6.45) is -0.800. The van der Waals surface area contributed by atoms with E-state index in [0.29, 0.717) is 33.0 Å². The van der Waals surface area contributed by atoms with E-state index in [4.69, 9.17) is 20.8 Å². The predicted octanol–water partition coefficient (Wildman–Crippen LogP) is 7.16. The van der Waals surface area contributed by atoms with Gasteiger partial charge in [-0.25, -0.2) is 0 Å². The van der Waals surface area contributed by atoms with Gasteiger partial charge in [-0.1, -0.05) is 49.7 Å². The zero-order chi connectivity index (χ0) is 24.4. The van der Waals surface area contributed by atoms with Crippen molar-refractivity contribution in [2.75, 3.05) is 5.32 Å². The summed E-state index contributed by atoms with van der Waals surface area (Å²) in [5.74, 6) is 0.243. The first kappa shape index (κ1) is 23.6. The number of anilines is 1. The minimum absolute atomic E-state index is 0.0579. The van der Waals surface area contributed by atoms with Crippen LogP contribution >= 0.6 is 11.6 Å². The average Bonchev–Trinajstić information content (AvgIpc) is 3.17. The number of rotatable bonds is 7. The SMILES string of the molecule is Cc1ccc(C(C)C)c(O[C@H](C)C(=O)Nc2c(C(=O)c3ccc(Cl)cc3)oc3ccccc23)c1. The molecule has 0 spiro atoms. The number of fused-ring (bicyclic) bond motifs is 1. The van der Waals surface area contributed by atoms with Gasteiger partial charge in [-0.15, -0.1) is 0 Å². The third-order valence-corrected chi connectivity index (χ3v) is 5.87. The highest BCUT2D eigenvalue weighted by molar-refractivity contribution is 6.30. The lowest BCUT2D eigenvalue weighted by molar-refractivity contribution is -0.122. The topological polar surface area (TPSA) is 68.5 Å². The number of aryl methyl sites for hydroxylation is 1. The maximum absolute atomic E-state index is 13.2. The molecule has 5 nitrogen and oxygen atoms in total. The third-order valence-electron chi connectivity index (χ3n) is 5.62. The van der Waals surface area contributed by atoms with Crippen molar-refractivity contribution < 1.29 is 18.7 Å². The van der Waals surface area contributed by atoms with Crippen LogP contribution in [0.3, 0.4) is 0 Å². The first-order chi connectivity index (χ1) is 16.2. The Balaban J connectivity index is 1.65. The number of ether oxygens (including phenoxy) is 1. The number of hydrogen-bond acceptors (Lipinski definition) is 4. The van der Waals surface area contributed by atoms with E-state index >= 15 is 0 Å². The zero-order valence-electron chi connectivity index (χ0n) is 19.5. The van der Waals surface area contributed by atoms with Crippen molar-refractivity contribution in [3.63, 3.8) is 0 Å². The summed E-state index contributed by atoms with van der Waals surface area (Å²) < 4.78 is 11.9. The molecule has 0 bridgehead atoms. The Morgan fingerprint density at radius 1 is 0.971 bits per heavy atom. The highest BCUT2D eigenvalue weighted by atomic mass is 35.5. The Morgan fingerprint density at radius 2 is 1.68 bits per heavy atom. The fraction of sp³-hybridized carbons (Fsp3) is 0.214. The number of carbonyl (C=O) groups is 2. The Hall–Kier alpha value is -3.57. The number of nitrogens with one attached hydrogen (secondary N) is 1. The molecule has 174 valence electrons. The molecular formula is C28H26ClNO4. The second kappa shape index (κ2) is 9.74. The van der Waals surface area contributed by atoms with E-state index in [2.05, 4.69) is 19.2 Å². The smallest absolute Gasteiger partial charge is 0.265 e. The van der Waals surface area contributed by atoms with Crippen molar-refractivity contribution in [1.82, 2.24) is 0 Å². The highest BCUT2D eigenvalue weighted by Crippen LogP contribution is 2.33. The van der Waals surface area contributed by atoms with Crippen LogP contribution in [-0.2, 0) is 4.79 Å². The van der Waals surface area contributed by atoms with E-state index < -0.39 is 6.10 Å². The van der Waals surface area contributed by atoms with Crippen LogP contribution in [0, 0.1) is 6.92 Å². The molecule has 1 aromatic heterocycles. The number of furan rings is 1. The van der Waals surface area contributed by atoms with Crippen LogP contribution in [0.5, 0.6) is 5.75 Å². The van der Waals surface area contributed by atoms with Crippen LogP contribution in [0.2, 0.25) is 5.02 Å². The van der Waals surface area contributed by atoms with E-state index in [1.54, 1.807) is 43.3 Å². The van der Waals surface area contributed by atoms with Crippen molar-refractivity contribution in [2.45, 2.75) is 39.7 Å². The molecule has 6 heteroatoms. The Labute approximate surface area is 203 Å². The fourth-order valence-corrected chi connectivity index (χ4v) is 3.88. The van der Waals surface area contributed by atoms with Crippen molar-refractivity contribution >= 4 is 39.9 Å². The van der Waals surface area contributed by atoms with E-state index in [0.717, 1.165) is 11.1 Å². The van der Waals surface area contributed by atoms with Crippen molar-refractivity contribution in [1.29, 1.82) is 0 Å². The van der Waals surface area contributed by atoms with Crippen LogP contribution in [-0.4, -0.2) is 17.8 Å². The molecule has 0 saturated carbocycles. The fourth-order valence-electron chi connectivity index (χ4n) is 3.75. The average molecular weight is 476 g/mol. The number of benzene rings is 3. The van der Waals surface area contributed by atoms with Crippen molar-refractivity contribution in [3.8, 4) is 5.75 Å². The minimum Gasteiger partial charge on any atom is -0.481 e. The van der Waals surface area contributed by atoms with Crippen LogP contribution in [0.25, 0.3) is 11.0 Å². The zero-order valence-corrected chi connectivity index (χ0v) is 20.3. The molecule has 0 unspecified atom stereocenters. The normalized spacial score (nSPS) is 12.1. The molecule has 0 fully saturated rings. The second-order valence-electron chi connectivity index (χ2n) is 8.58. The lowest BCUT2D eigenvalue weighted by Gasteiger charge is -2.19. The largest absolute Gasteiger partial charge is 0.481 e. The number of ketones is 1. The van der Waals surface area contributed by atoms with Gasteiger partial charge in [0.25, 0.3) is 5.91 Å². The Morgan fingerprint density at radius 3 is 2.38 bits per heavy atom. The second-order valence-corrected chi connectivity index (χ2v) is 9.02. The number of amides is 1. The minimum atomic E-state index is -0.800. The number of carbonyl (C=O) groups excluding carboxylic acids is 2. The van der Waals surface area contributed by atoms with E-state index in [9.17, 15) is 9.59 Å². The molecule has 0 aliphatic heterocycles. The molecule has 4 rings (SSSR count). The number of para-hydroxylation sites is 1. The van der Waals surface area contributed by atoms with E-state index in [1.165, 1.54) is 0 Å². The van der Waals surface area contributed by atoms with Crippen LogP contribution in [0.1, 0.15) is 53.9 Å². The lowest BCUT2D eigenvalue weighted by atomic mass is 10.0.